The van der Waals surface area contributed by atoms with E-state index < -0.39 is 12.0 Å². The highest BCUT2D eigenvalue weighted by Gasteiger charge is 2.26. The molecule has 6 heteroatoms. The molecule has 0 aromatic heterocycles. The minimum absolute atomic E-state index is 0.0234. The molecule has 1 aliphatic rings. The number of nitrogens with one attached hydrogen (secondary N) is 2. The molecule has 144 valence electrons. The molecule has 0 unspecified atom stereocenters. The summed E-state index contributed by atoms with van der Waals surface area (Å²) in [6, 6.07) is -0.809. The van der Waals surface area contributed by atoms with Crippen molar-refractivity contribution in [1.29, 1.82) is 0 Å². The maximum Gasteiger partial charge on any atom is 0.328 e. The molecule has 0 bridgehead atoms. The Morgan fingerprint density at radius 1 is 0.960 bits per heavy atom. The number of esters is 1. The summed E-state index contributed by atoms with van der Waals surface area (Å²) in [4.78, 5) is 36.5. The summed E-state index contributed by atoms with van der Waals surface area (Å²) in [5, 5.41) is 5.77. The molecule has 0 aromatic rings. The third kappa shape index (κ3) is 8.89. The summed E-state index contributed by atoms with van der Waals surface area (Å²) in [5.74, 6) is -0.545. The molecule has 1 heterocycles. The first-order chi connectivity index (χ1) is 11.9. The van der Waals surface area contributed by atoms with Gasteiger partial charge in [0.25, 0.3) is 0 Å². The number of amides is 2. The third-order valence-electron chi connectivity index (χ3n) is 4.47. The van der Waals surface area contributed by atoms with Gasteiger partial charge in [-0.1, -0.05) is 46.5 Å². The maximum atomic E-state index is 12.4. The van der Waals surface area contributed by atoms with Gasteiger partial charge in [0.1, 0.15) is 12.6 Å². The van der Waals surface area contributed by atoms with Gasteiger partial charge in [-0.05, 0) is 25.2 Å². The van der Waals surface area contributed by atoms with Crippen LogP contribution in [-0.4, -0.2) is 36.5 Å². The van der Waals surface area contributed by atoms with Gasteiger partial charge in [0.2, 0.25) is 11.8 Å². The fourth-order valence-electron chi connectivity index (χ4n) is 2.96. The fourth-order valence-corrected chi connectivity index (χ4v) is 2.96. The van der Waals surface area contributed by atoms with E-state index in [-0.39, 0.29) is 30.4 Å². The van der Waals surface area contributed by atoms with Gasteiger partial charge < -0.3 is 15.4 Å². The van der Waals surface area contributed by atoms with Crippen LogP contribution in [0.1, 0.15) is 78.6 Å². The molecular formula is C19H34N2O4. The number of cyclic esters (lactones) is 1. The number of hydrogen-bond acceptors (Lipinski definition) is 4. The molecule has 1 aliphatic heterocycles. The van der Waals surface area contributed by atoms with Crippen LogP contribution >= 0.6 is 0 Å². The van der Waals surface area contributed by atoms with Crippen molar-refractivity contribution in [3.05, 3.63) is 0 Å². The quantitative estimate of drug-likeness (QED) is 0.763. The maximum absolute atomic E-state index is 12.4. The van der Waals surface area contributed by atoms with Crippen molar-refractivity contribution in [2.75, 3.05) is 6.61 Å². The fraction of sp³-hybridized carbons (Fsp3) is 0.842. The van der Waals surface area contributed by atoms with Crippen molar-refractivity contribution in [3.63, 3.8) is 0 Å². The minimum atomic E-state index is -0.640. The third-order valence-corrected chi connectivity index (χ3v) is 4.47. The Bertz CT molecular complexity index is 437. The van der Waals surface area contributed by atoms with E-state index in [2.05, 4.69) is 10.6 Å². The molecule has 0 radical (unpaired) electrons. The van der Waals surface area contributed by atoms with Crippen LogP contribution in [0.4, 0.5) is 0 Å². The average Bonchev–Trinajstić information content (AvgIpc) is 2.55. The van der Waals surface area contributed by atoms with Gasteiger partial charge in [-0.25, -0.2) is 4.79 Å². The summed E-state index contributed by atoms with van der Waals surface area (Å²) in [5.41, 5.74) is 0. The van der Waals surface area contributed by atoms with Crippen LogP contribution in [0.3, 0.4) is 0 Å². The highest BCUT2D eigenvalue weighted by atomic mass is 16.5. The van der Waals surface area contributed by atoms with E-state index >= 15 is 0 Å². The molecule has 1 saturated heterocycles. The van der Waals surface area contributed by atoms with Gasteiger partial charge in [-0.2, -0.15) is 0 Å². The van der Waals surface area contributed by atoms with Crippen molar-refractivity contribution >= 4 is 17.8 Å². The van der Waals surface area contributed by atoms with Crippen molar-refractivity contribution in [1.82, 2.24) is 10.6 Å². The van der Waals surface area contributed by atoms with E-state index in [0.29, 0.717) is 12.8 Å². The first kappa shape index (κ1) is 21.5. The Balaban J connectivity index is 2.74. The van der Waals surface area contributed by atoms with E-state index in [9.17, 15) is 14.4 Å². The van der Waals surface area contributed by atoms with Gasteiger partial charge in [-0.3, -0.25) is 9.59 Å². The topological polar surface area (TPSA) is 84.5 Å². The minimum Gasteiger partial charge on any atom is -0.462 e. The molecule has 6 nitrogen and oxygen atoms in total. The molecular weight excluding hydrogens is 320 g/mol. The Morgan fingerprint density at radius 2 is 1.52 bits per heavy atom. The monoisotopic (exact) mass is 354 g/mol. The lowest BCUT2D eigenvalue weighted by molar-refractivity contribution is -0.150. The second-order valence-electron chi connectivity index (χ2n) is 7.24. The lowest BCUT2D eigenvalue weighted by Crippen LogP contribution is -2.47. The number of carbonyl (C=O) groups excluding carboxylic acids is 3. The number of ether oxygens (including phenoxy) is 1. The van der Waals surface area contributed by atoms with E-state index in [4.69, 9.17) is 4.74 Å². The van der Waals surface area contributed by atoms with Crippen LogP contribution < -0.4 is 10.6 Å². The standard InChI is InChI=1S/C19H34N2O4/c1-4-10-15-13-25-19(24)18(14(2)3)21-17(23)12-9-7-5-6-8-11-16(22)20-15/h14-15,18H,4-13H2,1-3H3,(H,20,22)(H,21,23)/t15-,18-/m0/s1. The van der Waals surface area contributed by atoms with Crippen LogP contribution in [0, 0.1) is 5.92 Å². The first-order valence-electron chi connectivity index (χ1n) is 9.69. The second kappa shape index (κ2) is 11.9. The van der Waals surface area contributed by atoms with Crippen LogP contribution in [0.5, 0.6) is 0 Å². The zero-order valence-electron chi connectivity index (χ0n) is 15.9. The van der Waals surface area contributed by atoms with Gasteiger partial charge in [0.15, 0.2) is 0 Å². The number of rotatable bonds is 3. The van der Waals surface area contributed by atoms with E-state index in [1.807, 2.05) is 20.8 Å². The van der Waals surface area contributed by atoms with E-state index in [1.54, 1.807) is 0 Å². The van der Waals surface area contributed by atoms with Gasteiger partial charge in [0, 0.05) is 12.8 Å². The van der Waals surface area contributed by atoms with Crippen LogP contribution in [0.25, 0.3) is 0 Å². The first-order valence-corrected chi connectivity index (χ1v) is 9.69. The zero-order chi connectivity index (χ0) is 18.7. The average molecular weight is 354 g/mol. The van der Waals surface area contributed by atoms with Gasteiger partial charge in [0.05, 0.1) is 6.04 Å². The molecule has 2 amide bonds. The summed E-state index contributed by atoms with van der Waals surface area (Å²) in [7, 11) is 0. The molecule has 1 fully saturated rings. The largest absolute Gasteiger partial charge is 0.462 e. The van der Waals surface area contributed by atoms with E-state index in [1.165, 1.54) is 0 Å². The molecule has 2 atom stereocenters. The Kier molecular flexibility index (Phi) is 10.2. The molecule has 0 saturated carbocycles. The van der Waals surface area contributed by atoms with Crippen LogP contribution in [0.15, 0.2) is 0 Å². The van der Waals surface area contributed by atoms with Crippen molar-refractivity contribution in [2.24, 2.45) is 5.92 Å². The molecule has 2 N–H and O–H groups in total. The predicted octanol–water partition coefficient (Wildman–Crippen LogP) is 2.70. The number of hydrogen-bond donors (Lipinski definition) is 2. The van der Waals surface area contributed by atoms with Gasteiger partial charge >= 0.3 is 5.97 Å². The number of carbonyl (C=O) groups is 3. The smallest absolute Gasteiger partial charge is 0.328 e. The second-order valence-corrected chi connectivity index (χ2v) is 7.24. The SMILES string of the molecule is CCC[C@H]1COC(=O)[C@H](C(C)C)NC(=O)CCCCCCCC(=O)N1. The molecule has 0 aliphatic carbocycles. The van der Waals surface area contributed by atoms with Crippen LogP contribution in [-0.2, 0) is 19.1 Å². The van der Waals surface area contributed by atoms with Gasteiger partial charge in [-0.15, -0.1) is 0 Å². The van der Waals surface area contributed by atoms with Crippen molar-refractivity contribution < 1.29 is 19.1 Å². The Hall–Kier alpha value is -1.59. The molecule has 25 heavy (non-hydrogen) atoms. The molecule has 1 rings (SSSR count). The van der Waals surface area contributed by atoms with Crippen LogP contribution in [0.2, 0.25) is 0 Å². The zero-order valence-corrected chi connectivity index (χ0v) is 15.9. The summed E-state index contributed by atoms with van der Waals surface area (Å²) in [6.07, 6.45) is 7.22. The lowest BCUT2D eigenvalue weighted by Gasteiger charge is -2.23. The van der Waals surface area contributed by atoms with Crippen molar-refractivity contribution in [3.8, 4) is 0 Å². The summed E-state index contributed by atoms with van der Waals surface area (Å²) < 4.78 is 5.41. The highest BCUT2D eigenvalue weighted by Crippen LogP contribution is 2.11. The Labute approximate surface area is 151 Å². The summed E-state index contributed by atoms with van der Waals surface area (Å²) in [6.45, 7) is 5.95. The summed E-state index contributed by atoms with van der Waals surface area (Å²) >= 11 is 0. The normalized spacial score (nSPS) is 25.2. The molecule has 0 aromatic carbocycles. The van der Waals surface area contributed by atoms with E-state index in [0.717, 1.165) is 44.9 Å². The predicted molar refractivity (Wildman–Crippen MR) is 96.9 cm³/mol. The molecule has 0 spiro atoms. The highest BCUT2D eigenvalue weighted by molar-refractivity contribution is 5.84. The lowest BCUT2D eigenvalue weighted by atomic mass is 10.0. The van der Waals surface area contributed by atoms with Crippen molar-refractivity contribution in [2.45, 2.75) is 90.6 Å². The Morgan fingerprint density at radius 3 is 2.08 bits per heavy atom.